The number of nitrogens with zero attached hydrogens (tertiary/aromatic N) is 3. The Morgan fingerprint density at radius 1 is 1.35 bits per heavy atom. The van der Waals surface area contributed by atoms with Crippen LogP contribution in [-0.2, 0) is 9.59 Å². The Kier molecular flexibility index (Phi) is 6.44. The number of thiocarbonyl (C=S) groups is 1. The van der Waals surface area contributed by atoms with Gasteiger partial charge in [0.1, 0.15) is 27.5 Å². The van der Waals surface area contributed by atoms with Crippen LogP contribution in [0.4, 0.5) is 0 Å². The van der Waals surface area contributed by atoms with Crippen LogP contribution in [0.25, 0.3) is 0 Å². The molecule has 3 saturated heterocycles. The third-order valence-electron chi connectivity index (χ3n) is 5.71. The number of aromatic hydroxyl groups is 1. The fourth-order valence-electron chi connectivity index (χ4n) is 4.28. The number of carbonyl (C=O) groups is 2. The molecule has 3 atom stereocenters. The zero-order valence-electron chi connectivity index (χ0n) is 17.9. The lowest BCUT2D eigenvalue weighted by Gasteiger charge is -2.44. The standard InChI is InChI=1S/C21H28N4O3S3/c1-4-9-23-11-24(12-30-20(23)29)16(13-5-7-14(26)8-6-13)17(27)22-15-18(28)25-10-21(2,3)31-19(15)25/h5-8,15-16,19,26H,4,9-12H2,1-3H3,(H,22,27). The second-order valence-corrected chi connectivity index (χ2v) is 12.2. The van der Waals surface area contributed by atoms with Gasteiger partial charge < -0.3 is 20.2 Å². The summed E-state index contributed by atoms with van der Waals surface area (Å²) in [6.45, 7) is 8.44. The topological polar surface area (TPSA) is 76.1 Å². The number of hydrogen-bond acceptors (Lipinski definition) is 7. The SMILES string of the molecule is CCCN1CN(C(C(=O)NC2C(=O)N3CC(C)(C)SC23)c2ccc(O)cc2)CSC1=S. The summed E-state index contributed by atoms with van der Waals surface area (Å²) in [5.41, 5.74) is 0.781. The Labute approximate surface area is 196 Å². The molecule has 3 heterocycles. The van der Waals surface area contributed by atoms with E-state index in [-0.39, 0.29) is 27.7 Å². The number of rotatable bonds is 6. The Hall–Kier alpha value is -1.49. The average molecular weight is 481 g/mol. The maximum Gasteiger partial charge on any atom is 0.249 e. The minimum Gasteiger partial charge on any atom is -0.508 e. The van der Waals surface area contributed by atoms with Crippen molar-refractivity contribution in [3.63, 3.8) is 0 Å². The quantitative estimate of drug-likeness (QED) is 0.475. The number of benzene rings is 1. The Morgan fingerprint density at radius 3 is 2.74 bits per heavy atom. The van der Waals surface area contributed by atoms with Gasteiger partial charge in [-0.15, -0.1) is 11.8 Å². The lowest BCUT2D eigenvalue weighted by molar-refractivity contribution is -0.148. The first kappa shape index (κ1) is 22.7. The second kappa shape index (κ2) is 8.80. The number of amides is 2. The van der Waals surface area contributed by atoms with Gasteiger partial charge in [-0.05, 0) is 38.0 Å². The third kappa shape index (κ3) is 4.53. The molecule has 0 spiro atoms. The summed E-state index contributed by atoms with van der Waals surface area (Å²) in [4.78, 5) is 32.2. The van der Waals surface area contributed by atoms with Crippen LogP contribution in [0, 0.1) is 0 Å². The van der Waals surface area contributed by atoms with E-state index in [4.69, 9.17) is 12.2 Å². The highest BCUT2D eigenvalue weighted by molar-refractivity contribution is 8.22. The molecule has 0 radical (unpaired) electrons. The molecule has 3 unspecified atom stereocenters. The molecule has 2 N–H and O–H groups in total. The summed E-state index contributed by atoms with van der Waals surface area (Å²) in [7, 11) is 0. The average Bonchev–Trinajstić information content (AvgIpc) is 3.02. The van der Waals surface area contributed by atoms with Crippen molar-refractivity contribution in [2.45, 2.75) is 49.4 Å². The number of carbonyl (C=O) groups excluding carboxylic acids is 2. The van der Waals surface area contributed by atoms with E-state index in [1.54, 1.807) is 47.8 Å². The van der Waals surface area contributed by atoms with Gasteiger partial charge in [0.15, 0.2) is 0 Å². The Morgan fingerprint density at radius 2 is 2.06 bits per heavy atom. The van der Waals surface area contributed by atoms with E-state index in [1.807, 2.05) is 4.90 Å². The Bertz CT molecular complexity index is 879. The predicted octanol–water partition coefficient (Wildman–Crippen LogP) is 2.57. The normalized spacial score (nSPS) is 26.4. The van der Waals surface area contributed by atoms with Gasteiger partial charge in [-0.2, -0.15) is 0 Å². The number of hydrogen-bond donors (Lipinski definition) is 2. The molecule has 0 saturated carbocycles. The highest BCUT2D eigenvalue weighted by atomic mass is 32.2. The molecule has 0 aliphatic carbocycles. The number of β-lactam (4-membered cyclic amide) rings is 1. The van der Waals surface area contributed by atoms with Crippen LogP contribution < -0.4 is 5.32 Å². The minimum atomic E-state index is -0.572. The Balaban J connectivity index is 1.55. The molecule has 7 nitrogen and oxygen atoms in total. The molecule has 2 amide bonds. The molecule has 31 heavy (non-hydrogen) atoms. The first-order valence-electron chi connectivity index (χ1n) is 10.4. The smallest absolute Gasteiger partial charge is 0.249 e. The first-order chi connectivity index (χ1) is 14.7. The highest BCUT2D eigenvalue weighted by Gasteiger charge is 2.56. The van der Waals surface area contributed by atoms with Crippen molar-refractivity contribution >= 4 is 51.9 Å². The molecular weight excluding hydrogens is 452 g/mol. The summed E-state index contributed by atoms with van der Waals surface area (Å²) in [5, 5.41) is 12.7. The molecular formula is C21H28N4O3S3. The largest absolute Gasteiger partial charge is 0.508 e. The minimum absolute atomic E-state index is 0.00395. The predicted molar refractivity (Wildman–Crippen MR) is 129 cm³/mol. The summed E-state index contributed by atoms with van der Waals surface area (Å²) in [6.07, 6.45) is 0.964. The molecule has 1 aromatic rings. The van der Waals surface area contributed by atoms with E-state index in [0.29, 0.717) is 19.1 Å². The number of fused-ring (bicyclic) bond motifs is 1. The molecule has 1 aromatic carbocycles. The molecule has 3 aliphatic heterocycles. The van der Waals surface area contributed by atoms with E-state index >= 15 is 0 Å². The van der Waals surface area contributed by atoms with Gasteiger partial charge in [0.05, 0.1) is 12.5 Å². The maximum absolute atomic E-state index is 13.5. The van der Waals surface area contributed by atoms with Crippen LogP contribution in [0.15, 0.2) is 24.3 Å². The molecule has 0 aromatic heterocycles. The molecule has 0 bridgehead atoms. The van der Waals surface area contributed by atoms with Gasteiger partial charge in [-0.25, -0.2) is 0 Å². The van der Waals surface area contributed by atoms with Crippen molar-refractivity contribution in [2.75, 3.05) is 25.6 Å². The first-order valence-corrected chi connectivity index (χ1v) is 12.7. The van der Waals surface area contributed by atoms with Crippen LogP contribution in [0.1, 0.15) is 38.8 Å². The molecule has 4 rings (SSSR count). The van der Waals surface area contributed by atoms with Crippen molar-refractivity contribution < 1.29 is 14.7 Å². The summed E-state index contributed by atoms with van der Waals surface area (Å²) in [5.74, 6) is 0.536. The van der Waals surface area contributed by atoms with Gasteiger partial charge in [-0.3, -0.25) is 14.5 Å². The van der Waals surface area contributed by atoms with Crippen LogP contribution in [-0.4, -0.2) is 77.7 Å². The van der Waals surface area contributed by atoms with E-state index in [2.05, 4.69) is 35.9 Å². The summed E-state index contributed by atoms with van der Waals surface area (Å²) in [6, 6.07) is 5.65. The molecule has 10 heteroatoms. The van der Waals surface area contributed by atoms with Gasteiger partial charge in [0, 0.05) is 17.8 Å². The van der Waals surface area contributed by atoms with Crippen molar-refractivity contribution in [3.8, 4) is 5.75 Å². The number of thioether (sulfide) groups is 2. The number of phenols is 1. The van der Waals surface area contributed by atoms with E-state index in [9.17, 15) is 14.7 Å². The summed E-state index contributed by atoms with van der Waals surface area (Å²) >= 11 is 8.78. The summed E-state index contributed by atoms with van der Waals surface area (Å²) < 4.78 is 0.841. The molecule has 3 aliphatic rings. The number of phenolic OH excluding ortho intramolecular Hbond substituents is 1. The lowest BCUT2D eigenvalue weighted by Crippen LogP contribution is -2.68. The monoisotopic (exact) mass is 480 g/mol. The second-order valence-electron chi connectivity index (χ2n) is 8.75. The molecule has 168 valence electrons. The highest BCUT2D eigenvalue weighted by Crippen LogP contribution is 2.46. The van der Waals surface area contributed by atoms with Crippen LogP contribution in [0.2, 0.25) is 0 Å². The van der Waals surface area contributed by atoms with Crippen molar-refractivity contribution in [1.82, 2.24) is 20.0 Å². The number of nitrogens with one attached hydrogen (secondary N) is 1. The van der Waals surface area contributed by atoms with Crippen molar-refractivity contribution in [1.29, 1.82) is 0 Å². The van der Waals surface area contributed by atoms with E-state index < -0.39 is 12.1 Å². The van der Waals surface area contributed by atoms with Crippen LogP contribution in [0.3, 0.4) is 0 Å². The molecule has 3 fully saturated rings. The van der Waals surface area contributed by atoms with E-state index in [1.165, 1.54) is 0 Å². The fraction of sp³-hybridized carbons (Fsp3) is 0.571. The van der Waals surface area contributed by atoms with Gasteiger partial charge in [-0.1, -0.05) is 43.0 Å². The van der Waals surface area contributed by atoms with Gasteiger partial charge in [0.25, 0.3) is 0 Å². The van der Waals surface area contributed by atoms with Crippen LogP contribution in [0.5, 0.6) is 5.75 Å². The van der Waals surface area contributed by atoms with Gasteiger partial charge in [0.2, 0.25) is 11.8 Å². The fourth-order valence-corrected chi connectivity index (χ4v) is 6.92. The van der Waals surface area contributed by atoms with Gasteiger partial charge >= 0.3 is 0 Å². The van der Waals surface area contributed by atoms with Crippen molar-refractivity contribution in [3.05, 3.63) is 29.8 Å². The van der Waals surface area contributed by atoms with Crippen molar-refractivity contribution in [2.24, 2.45) is 0 Å². The lowest BCUT2D eigenvalue weighted by atomic mass is 10.0. The van der Waals surface area contributed by atoms with E-state index in [0.717, 1.165) is 22.8 Å². The maximum atomic E-state index is 13.5. The third-order valence-corrected chi connectivity index (χ3v) is 8.82. The van der Waals surface area contributed by atoms with Crippen LogP contribution >= 0.6 is 35.7 Å². The zero-order chi connectivity index (χ0) is 22.3. The zero-order valence-corrected chi connectivity index (χ0v) is 20.4.